The molecule has 0 spiro atoms. The Morgan fingerprint density at radius 2 is 1.50 bits per heavy atom. The summed E-state index contributed by atoms with van der Waals surface area (Å²) in [4.78, 5) is 12.1. The average Bonchev–Trinajstić information content (AvgIpc) is 2.77. The third-order valence-electron chi connectivity index (χ3n) is 4.34. The van der Waals surface area contributed by atoms with Crippen LogP contribution in [0.2, 0.25) is 0 Å². The fourth-order valence-electron chi connectivity index (χ4n) is 2.81. The number of hydrogen-bond acceptors (Lipinski definition) is 4. The van der Waals surface area contributed by atoms with Gasteiger partial charge in [0.25, 0.3) is 0 Å². The first kappa shape index (κ1) is 21.2. The molecule has 0 aliphatic heterocycles. The summed E-state index contributed by atoms with van der Waals surface area (Å²) >= 11 is 0. The second-order valence-electron chi connectivity index (χ2n) is 7.24. The van der Waals surface area contributed by atoms with E-state index in [9.17, 15) is 4.79 Å². The van der Waals surface area contributed by atoms with E-state index in [1.165, 1.54) is 0 Å². The van der Waals surface area contributed by atoms with Crippen LogP contribution < -0.4 is 20.1 Å². The Morgan fingerprint density at radius 1 is 0.833 bits per heavy atom. The molecule has 1 amide bonds. The van der Waals surface area contributed by atoms with Gasteiger partial charge in [0.05, 0.1) is 12.6 Å². The van der Waals surface area contributed by atoms with Crippen LogP contribution in [-0.4, -0.2) is 18.6 Å². The predicted molar refractivity (Wildman–Crippen MR) is 120 cm³/mol. The van der Waals surface area contributed by atoms with Gasteiger partial charge in [-0.15, -0.1) is 0 Å². The summed E-state index contributed by atoms with van der Waals surface area (Å²) in [6, 6.07) is 25.4. The minimum absolute atomic E-state index is 0.0677. The number of carbonyl (C=O) groups excluding carboxylic acids is 1. The third kappa shape index (κ3) is 7.17. The SMILES string of the molecule is CC(C)Oc1ccc(CNC(=O)CNc2ccc(OCc3ccccc3)cc2)cc1. The molecular weight excluding hydrogens is 376 g/mol. The van der Waals surface area contributed by atoms with Crippen LogP contribution in [-0.2, 0) is 17.9 Å². The molecule has 0 bridgehead atoms. The third-order valence-corrected chi connectivity index (χ3v) is 4.34. The lowest BCUT2D eigenvalue weighted by Gasteiger charge is -2.11. The number of anilines is 1. The van der Waals surface area contributed by atoms with E-state index in [0.29, 0.717) is 13.2 Å². The number of hydrogen-bond donors (Lipinski definition) is 2. The Morgan fingerprint density at radius 3 is 2.17 bits per heavy atom. The molecule has 0 aliphatic carbocycles. The van der Waals surface area contributed by atoms with Crippen molar-refractivity contribution in [3.63, 3.8) is 0 Å². The number of ether oxygens (including phenoxy) is 2. The predicted octanol–water partition coefficient (Wildman–Crippen LogP) is 4.78. The summed E-state index contributed by atoms with van der Waals surface area (Å²) in [7, 11) is 0. The standard InChI is InChI=1S/C25H28N2O3/c1-19(2)30-24-12-8-20(9-13-24)16-27-25(28)17-26-22-10-14-23(15-11-22)29-18-21-6-4-3-5-7-21/h3-15,19,26H,16-18H2,1-2H3,(H,27,28). The molecule has 0 aromatic heterocycles. The Hall–Kier alpha value is -3.47. The van der Waals surface area contributed by atoms with Gasteiger partial charge in [0.1, 0.15) is 18.1 Å². The molecule has 3 rings (SSSR count). The topological polar surface area (TPSA) is 59.6 Å². The molecule has 5 heteroatoms. The highest BCUT2D eigenvalue weighted by Crippen LogP contribution is 2.17. The van der Waals surface area contributed by atoms with Crippen LogP contribution in [0.1, 0.15) is 25.0 Å². The maximum atomic E-state index is 12.1. The molecule has 0 fully saturated rings. The first-order valence-electron chi connectivity index (χ1n) is 10.1. The van der Waals surface area contributed by atoms with Crippen molar-refractivity contribution in [1.82, 2.24) is 5.32 Å². The molecule has 30 heavy (non-hydrogen) atoms. The van der Waals surface area contributed by atoms with Gasteiger partial charge in [-0.1, -0.05) is 42.5 Å². The van der Waals surface area contributed by atoms with E-state index >= 15 is 0 Å². The highest BCUT2D eigenvalue weighted by Gasteiger charge is 2.03. The van der Waals surface area contributed by atoms with Gasteiger partial charge in [-0.25, -0.2) is 0 Å². The first-order valence-corrected chi connectivity index (χ1v) is 10.1. The van der Waals surface area contributed by atoms with Gasteiger partial charge >= 0.3 is 0 Å². The molecule has 2 N–H and O–H groups in total. The molecule has 3 aromatic rings. The van der Waals surface area contributed by atoms with Crippen molar-refractivity contribution in [2.24, 2.45) is 0 Å². The van der Waals surface area contributed by atoms with E-state index in [1.54, 1.807) is 0 Å². The van der Waals surface area contributed by atoms with Gasteiger partial charge in [-0.05, 0) is 61.4 Å². The zero-order valence-electron chi connectivity index (χ0n) is 17.4. The maximum absolute atomic E-state index is 12.1. The molecule has 0 saturated carbocycles. The maximum Gasteiger partial charge on any atom is 0.239 e. The van der Waals surface area contributed by atoms with E-state index in [-0.39, 0.29) is 18.6 Å². The van der Waals surface area contributed by atoms with Gasteiger partial charge < -0.3 is 20.1 Å². The van der Waals surface area contributed by atoms with E-state index in [0.717, 1.165) is 28.3 Å². The largest absolute Gasteiger partial charge is 0.491 e. The van der Waals surface area contributed by atoms with E-state index in [4.69, 9.17) is 9.47 Å². The van der Waals surface area contributed by atoms with Crippen LogP contribution in [0.4, 0.5) is 5.69 Å². The number of carbonyl (C=O) groups is 1. The molecule has 0 unspecified atom stereocenters. The number of amides is 1. The molecule has 0 saturated heterocycles. The molecule has 3 aromatic carbocycles. The highest BCUT2D eigenvalue weighted by molar-refractivity contribution is 5.80. The van der Waals surface area contributed by atoms with Crippen molar-refractivity contribution in [2.45, 2.75) is 33.1 Å². The lowest BCUT2D eigenvalue weighted by atomic mass is 10.2. The smallest absolute Gasteiger partial charge is 0.239 e. The van der Waals surface area contributed by atoms with Gasteiger partial charge in [0, 0.05) is 12.2 Å². The van der Waals surface area contributed by atoms with Gasteiger partial charge in [0.15, 0.2) is 0 Å². The van der Waals surface area contributed by atoms with Crippen molar-refractivity contribution < 1.29 is 14.3 Å². The van der Waals surface area contributed by atoms with E-state index in [2.05, 4.69) is 10.6 Å². The summed E-state index contributed by atoms with van der Waals surface area (Å²) in [5, 5.41) is 6.04. The highest BCUT2D eigenvalue weighted by atomic mass is 16.5. The fourth-order valence-corrected chi connectivity index (χ4v) is 2.81. The quantitative estimate of drug-likeness (QED) is 0.510. The Balaban J connectivity index is 1.38. The summed E-state index contributed by atoms with van der Waals surface area (Å²) < 4.78 is 11.4. The summed E-state index contributed by atoms with van der Waals surface area (Å²) in [6.07, 6.45) is 0.145. The van der Waals surface area contributed by atoms with Crippen LogP contribution in [0.3, 0.4) is 0 Å². The molecule has 0 radical (unpaired) electrons. The van der Waals surface area contributed by atoms with Crippen molar-refractivity contribution in [3.8, 4) is 11.5 Å². The minimum Gasteiger partial charge on any atom is -0.491 e. The van der Waals surface area contributed by atoms with Crippen molar-refractivity contribution >= 4 is 11.6 Å². The monoisotopic (exact) mass is 404 g/mol. The molecule has 0 atom stereocenters. The Labute approximate surface area is 178 Å². The Kier molecular flexibility index (Phi) is 7.72. The lowest BCUT2D eigenvalue weighted by molar-refractivity contribution is -0.119. The first-order chi connectivity index (χ1) is 14.6. The summed E-state index contributed by atoms with van der Waals surface area (Å²) in [5.74, 6) is 1.55. The molecular formula is C25H28N2O3. The fraction of sp³-hybridized carbons (Fsp3) is 0.240. The minimum atomic E-state index is -0.0677. The second-order valence-corrected chi connectivity index (χ2v) is 7.24. The second kappa shape index (κ2) is 10.9. The summed E-state index contributed by atoms with van der Waals surface area (Å²) in [6.45, 7) is 5.20. The number of rotatable bonds is 10. The van der Waals surface area contributed by atoms with Crippen LogP contribution in [0.15, 0.2) is 78.9 Å². The van der Waals surface area contributed by atoms with Crippen molar-refractivity contribution in [2.75, 3.05) is 11.9 Å². The van der Waals surface area contributed by atoms with Crippen LogP contribution in [0, 0.1) is 0 Å². The van der Waals surface area contributed by atoms with Gasteiger partial charge in [-0.3, -0.25) is 4.79 Å². The Bertz CT molecular complexity index is 907. The zero-order chi connectivity index (χ0) is 21.2. The van der Waals surface area contributed by atoms with Crippen LogP contribution in [0.25, 0.3) is 0 Å². The zero-order valence-corrected chi connectivity index (χ0v) is 17.4. The normalized spacial score (nSPS) is 10.5. The lowest BCUT2D eigenvalue weighted by Crippen LogP contribution is -2.29. The van der Waals surface area contributed by atoms with Crippen LogP contribution in [0.5, 0.6) is 11.5 Å². The number of benzene rings is 3. The van der Waals surface area contributed by atoms with Crippen molar-refractivity contribution in [1.29, 1.82) is 0 Å². The summed E-state index contributed by atoms with van der Waals surface area (Å²) in [5.41, 5.74) is 3.02. The molecule has 156 valence electrons. The van der Waals surface area contributed by atoms with Crippen molar-refractivity contribution in [3.05, 3.63) is 90.0 Å². The number of nitrogens with one attached hydrogen (secondary N) is 2. The van der Waals surface area contributed by atoms with E-state index < -0.39 is 0 Å². The molecule has 5 nitrogen and oxygen atoms in total. The average molecular weight is 405 g/mol. The van der Waals surface area contributed by atoms with Crippen LogP contribution >= 0.6 is 0 Å². The molecule has 0 heterocycles. The van der Waals surface area contributed by atoms with Gasteiger partial charge in [0.2, 0.25) is 5.91 Å². The van der Waals surface area contributed by atoms with Gasteiger partial charge in [-0.2, -0.15) is 0 Å². The molecule has 0 aliphatic rings. The van der Waals surface area contributed by atoms with E-state index in [1.807, 2.05) is 92.7 Å².